The molecule has 1 saturated carbocycles. The fourth-order valence-corrected chi connectivity index (χ4v) is 3.77. The molecule has 1 unspecified atom stereocenters. The van der Waals surface area contributed by atoms with Gasteiger partial charge in [-0.15, -0.1) is 0 Å². The summed E-state index contributed by atoms with van der Waals surface area (Å²) in [6.07, 6.45) is 1.53. The van der Waals surface area contributed by atoms with Crippen LogP contribution in [0.3, 0.4) is 0 Å². The molecule has 0 amide bonds. The molecule has 3 rings (SSSR count). The van der Waals surface area contributed by atoms with Crippen molar-refractivity contribution in [2.45, 2.75) is 44.5 Å². The number of aromatic nitrogens is 2. The Kier molecular flexibility index (Phi) is 4.98. The second kappa shape index (κ2) is 7.00. The fraction of sp³-hybridized carbons (Fsp3) is 0.500. The van der Waals surface area contributed by atoms with Gasteiger partial charge in [-0.3, -0.25) is 0 Å². The molecular weight excluding hydrogens is 328 g/mol. The zero-order chi connectivity index (χ0) is 17.2. The van der Waals surface area contributed by atoms with Gasteiger partial charge in [-0.2, -0.15) is 4.98 Å². The first-order chi connectivity index (χ1) is 11.4. The average Bonchev–Trinajstić information content (AvgIpc) is 3.31. The Morgan fingerprint density at radius 2 is 2.17 bits per heavy atom. The van der Waals surface area contributed by atoms with Crippen molar-refractivity contribution in [1.29, 1.82) is 0 Å². The Morgan fingerprint density at radius 3 is 2.88 bits per heavy atom. The third-order valence-electron chi connectivity index (χ3n) is 3.90. The molecule has 2 aromatic rings. The Balaban J connectivity index is 1.50. The van der Waals surface area contributed by atoms with Gasteiger partial charge >= 0.3 is 0 Å². The molecule has 0 radical (unpaired) electrons. The van der Waals surface area contributed by atoms with Crippen LogP contribution in [0.2, 0.25) is 0 Å². The van der Waals surface area contributed by atoms with E-state index in [4.69, 9.17) is 4.52 Å². The first kappa shape index (κ1) is 17.1. The van der Waals surface area contributed by atoms with E-state index in [2.05, 4.69) is 20.2 Å². The third-order valence-corrected chi connectivity index (χ3v) is 5.82. The van der Waals surface area contributed by atoms with Crippen LogP contribution in [0.5, 0.6) is 0 Å². The van der Waals surface area contributed by atoms with E-state index < -0.39 is 10.0 Å². The molecule has 1 aliphatic carbocycles. The minimum absolute atomic E-state index is 0.0344. The van der Waals surface area contributed by atoms with Crippen LogP contribution in [0.15, 0.2) is 28.8 Å². The molecule has 1 aromatic carbocycles. The predicted octanol–water partition coefficient (Wildman–Crippen LogP) is 1.60. The summed E-state index contributed by atoms with van der Waals surface area (Å²) in [6, 6.07) is 7.86. The molecule has 1 aliphatic rings. The number of benzene rings is 1. The van der Waals surface area contributed by atoms with Gasteiger partial charge < -0.3 is 9.84 Å². The van der Waals surface area contributed by atoms with Crippen molar-refractivity contribution in [1.82, 2.24) is 20.2 Å². The maximum absolute atomic E-state index is 11.8. The third kappa shape index (κ3) is 4.40. The number of aryl methyl sites for hydroxylation is 1. The molecule has 1 aromatic heterocycles. The van der Waals surface area contributed by atoms with Crippen LogP contribution in [0.1, 0.15) is 31.2 Å². The second-order valence-electron chi connectivity index (χ2n) is 6.26. The van der Waals surface area contributed by atoms with E-state index in [-0.39, 0.29) is 11.3 Å². The van der Waals surface area contributed by atoms with Crippen molar-refractivity contribution in [3.63, 3.8) is 0 Å². The van der Waals surface area contributed by atoms with Crippen LogP contribution in [-0.2, 0) is 16.6 Å². The van der Waals surface area contributed by atoms with E-state index in [0.717, 1.165) is 24.0 Å². The SMILES string of the molecule is Cc1cccc(-c2noc(CNC(C)CNS(=O)(=O)C3CC3)n2)c1. The summed E-state index contributed by atoms with van der Waals surface area (Å²) < 4.78 is 31.4. The summed E-state index contributed by atoms with van der Waals surface area (Å²) >= 11 is 0. The van der Waals surface area contributed by atoms with E-state index in [9.17, 15) is 8.42 Å². The summed E-state index contributed by atoms with van der Waals surface area (Å²) in [5.74, 6) is 1.03. The molecule has 0 saturated heterocycles. The number of rotatable bonds is 8. The van der Waals surface area contributed by atoms with Crippen molar-refractivity contribution < 1.29 is 12.9 Å². The molecule has 0 aliphatic heterocycles. The highest BCUT2D eigenvalue weighted by Gasteiger charge is 2.35. The van der Waals surface area contributed by atoms with Gasteiger partial charge in [0.05, 0.1) is 11.8 Å². The minimum atomic E-state index is -3.14. The summed E-state index contributed by atoms with van der Waals surface area (Å²) in [7, 11) is -3.14. The molecule has 7 nitrogen and oxygen atoms in total. The number of nitrogens with one attached hydrogen (secondary N) is 2. The van der Waals surface area contributed by atoms with E-state index in [0.29, 0.717) is 24.8 Å². The Morgan fingerprint density at radius 1 is 1.38 bits per heavy atom. The van der Waals surface area contributed by atoms with Crippen molar-refractivity contribution in [3.8, 4) is 11.4 Å². The number of hydrogen-bond donors (Lipinski definition) is 2. The van der Waals surface area contributed by atoms with Crippen LogP contribution >= 0.6 is 0 Å². The highest BCUT2D eigenvalue weighted by atomic mass is 32.2. The van der Waals surface area contributed by atoms with E-state index in [1.165, 1.54) is 0 Å². The molecule has 24 heavy (non-hydrogen) atoms. The number of hydrogen-bond acceptors (Lipinski definition) is 6. The molecule has 0 bridgehead atoms. The van der Waals surface area contributed by atoms with Gasteiger partial charge in [-0.05, 0) is 32.8 Å². The molecule has 0 spiro atoms. The zero-order valence-corrected chi connectivity index (χ0v) is 14.6. The first-order valence-electron chi connectivity index (χ1n) is 8.05. The lowest BCUT2D eigenvalue weighted by atomic mass is 10.1. The van der Waals surface area contributed by atoms with Crippen molar-refractivity contribution in [3.05, 3.63) is 35.7 Å². The minimum Gasteiger partial charge on any atom is -0.338 e. The van der Waals surface area contributed by atoms with Gasteiger partial charge in [0.15, 0.2) is 0 Å². The first-order valence-corrected chi connectivity index (χ1v) is 9.60. The van der Waals surface area contributed by atoms with E-state index >= 15 is 0 Å². The zero-order valence-electron chi connectivity index (χ0n) is 13.8. The van der Waals surface area contributed by atoms with E-state index in [1.807, 2.05) is 38.1 Å². The monoisotopic (exact) mass is 350 g/mol. The van der Waals surface area contributed by atoms with Gasteiger partial charge in [-0.1, -0.05) is 28.9 Å². The van der Waals surface area contributed by atoms with E-state index in [1.54, 1.807) is 0 Å². The van der Waals surface area contributed by atoms with Gasteiger partial charge in [0.1, 0.15) is 0 Å². The molecule has 1 heterocycles. The lowest BCUT2D eigenvalue weighted by molar-refractivity contribution is 0.359. The molecular formula is C16H22N4O3S. The average molecular weight is 350 g/mol. The lowest BCUT2D eigenvalue weighted by Gasteiger charge is -2.13. The highest BCUT2D eigenvalue weighted by molar-refractivity contribution is 7.90. The van der Waals surface area contributed by atoms with Crippen LogP contribution in [0.4, 0.5) is 0 Å². The lowest BCUT2D eigenvalue weighted by Crippen LogP contribution is -2.39. The Bertz CT molecular complexity index is 799. The van der Waals surface area contributed by atoms with Crippen LogP contribution in [-0.4, -0.2) is 36.4 Å². The smallest absolute Gasteiger partial charge is 0.240 e. The normalized spacial score (nSPS) is 16.2. The standard InChI is InChI=1S/C16H22N4O3S/c1-11-4-3-5-13(8-11)16-19-15(23-20-16)10-17-12(2)9-18-24(21,22)14-6-7-14/h3-5,8,12,14,17-18H,6-7,9-10H2,1-2H3. The Hall–Kier alpha value is -1.77. The van der Waals surface area contributed by atoms with Crippen LogP contribution in [0, 0.1) is 6.92 Å². The van der Waals surface area contributed by atoms with Crippen molar-refractivity contribution in [2.75, 3.05) is 6.54 Å². The predicted molar refractivity (Wildman–Crippen MR) is 90.7 cm³/mol. The molecule has 2 N–H and O–H groups in total. The van der Waals surface area contributed by atoms with Gasteiger partial charge in [-0.25, -0.2) is 13.1 Å². The van der Waals surface area contributed by atoms with Gasteiger partial charge in [0.2, 0.25) is 21.7 Å². The fourth-order valence-electron chi connectivity index (χ4n) is 2.30. The number of sulfonamides is 1. The summed E-state index contributed by atoms with van der Waals surface area (Å²) in [6.45, 7) is 4.66. The molecule has 130 valence electrons. The maximum Gasteiger partial charge on any atom is 0.240 e. The second-order valence-corrected chi connectivity index (χ2v) is 8.30. The summed E-state index contributed by atoms with van der Waals surface area (Å²) in [5, 5.41) is 6.97. The topological polar surface area (TPSA) is 97.1 Å². The summed E-state index contributed by atoms with van der Waals surface area (Å²) in [4.78, 5) is 4.36. The largest absolute Gasteiger partial charge is 0.338 e. The quantitative estimate of drug-likeness (QED) is 0.751. The van der Waals surface area contributed by atoms with Crippen molar-refractivity contribution >= 4 is 10.0 Å². The van der Waals surface area contributed by atoms with Gasteiger partial charge in [0, 0.05) is 18.2 Å². The molecule has 8 heteroatoms. The van der Waals surface area contributed by atoms with Gasteiger partial charge in [0.25, 0.3) is 0 Å². The maximum atomic E-state index is 11.8. The molecule has 1 fully saturated rings. The number of nitrogens with zero attached hydrogens (tertiary/aromatic N) is 2. The van der Waals surface area contributed by atoms with Crippen LogP contribution < -0.4 is 10.0 Å². The highest BCUT2D eigenvalue weighted by Crippen LogP contribution is 2.27. The van der Waals surface area contributed by atoms with Crippen molar-refractivity contribution in [2.24, 2.45) is 0 Å². The van der Waals surface area contributed by atoms with Crippen LogP contribution in [0.25, 0.3) is 11.4 Å². The Labute approximate surface area is 141 Å². The summed E-state index contributed by atoms with van der Waals surface area (Å²) in [5.41, 5.74) is 2.05. The molecule has 1 atom stereocenters.